The van der Waals surface area contributed by atoms with Crippen LogP contribution in [0.1, 0.15) is 20.7 Å². The lowest BCUT2D eigenvalue weighted by Gasteiger charge is -2.09. The van der Waals surface area contributed by atoms with Gasteiger partial charge in [0.1, 0.15) is 11.6 Å². The Morgan fingerprint density at radius 3 is 1.80 bits per heavy atom. The van der Waals surface area contributed by atoms with Crippen LogP contribution >= 0.6 is 35.8 Å². The van der Waals surface area contributed by atoms with Crippen molar-refractivity contribution in [3.63, 3.8) is 0 Å². The van der Waals surface area contributed by atoms with Gasteiger partial charge in [-0.05, 0) is 91.2 Å². The molecule has 0 aliphatic heterocycles. The van der Waals surface area contributed by atoms with Gasteiger partial charge in [-0.25, -0.2) is 13.8 Å². The highest BCUT2D eigenvalue weighted by atomic mass is 32.1. The summed E-state index contributed by atoms with van der Waals surface area (Å²) in [5.41, 5.74) is 1.82. The normalized spacial score (nSPS) is 10.5. The molecular formula is C23H15F2N5O2S3. The Bertz CT molecular complexity index is 1370. The summed E-state index contributed by atoms with van der Waals surface area (Å²) in [5.74, 6) is -1.83. The number of carbonyl (C=O) groups is 2. The summed E-state index contributed by atoms with van der Waals surface area (Å²) < 4.78 is 26.8. The fourth-order valence-electron chi connectivity index (χ4n) is 2.90. The Morgan fingerprint density at radius 1 is 0.743 bits per heavy atom. The molecule has 0 saturated heterocycles. The van der Waals surface area contributed by atoms with Crippen molar-refractivity contribution in [3.8, 4) is 0 Å². The van der Waals surface area contributed by atoms with Crippen molar-refractivity contribution in [3.05, 3.63) is 89.5 Å². The van der Waals surface area contributed by atoms with Crippen molar-refractivity contribution >= 4 is 78.8 Å². The molecule has 0 unspecified atom stereocenters. The topological polar surface area (TPSA) is 95.2 Å². The van der Waals surface area contributed by atoms with E-state index in [2.05, 4.69) is 26.3 Å². The molecule has 1 aromatic heterocycles. The van der Waals surface area contributed by atoms with E-state index in [0.29, 0.717) is 16.3 Å². The molecule has 0 saturated carbocycles. The number of hydrogen-bond acceptors (Lipinski definition) is 6. The first-order valence-corrected chi connectivity index (χ1v) is 11.6. The molecule has 0 fully saturated rings. The van der Waals surface area contributed by atoms with Gasteiger partial charge >= 0.3 is 0 Å². The largest absolute Gasteiger partial charge is 0.332 e. The third-order valence-electron chi connectivity index (χ3n) is 4.53. The summed E-state index contributed by atoms with van der Waals surface area (Å²) in [4.78, 5) is 28.9. The van der Waals surface area contributed by atoms with E-state index in [1.165, 1.54) is 59.9 Å². The molecule has 4 N–H and O–H groups in total. The summed E-state index contributed by atoms with van der Waals surface area (Å²) in [6.07, 6.45) is 0. The SMILES string of the molecule is O=C(NC(=S)Nc1ccc2nc(NC(=S)NC(=O)c3ccc(F)cc3)sc2c1)c1ccc(F)cc1. The Hall–Kier alpha value is -3.87. The molecule has 35 heavy (non-hydrogen) atoms. The van der Waals surface area contributed by atoms with E-state index in [9.17, 15) is 18.4 Å². The molecule has 0 bridgehead atoms. The quantitative estimate of drug-likeness (QED) is 0.283. The number of halogens is 2. The van der Waals surface area contributed by atoms with Gasteiger partial charge in [0.05, 0.1) is 10.2 Å². The van der Waals surface area contributed by atoms with Gasteiger partial charge in [-0.15, -0.1) is 0 Å². The highest BCUT2D eigenvalue weighted by Crippen LogP contribution is 2.28. The summed E-state index contributed by atoms with van der Waals surface area (Å²) in [6.45, 7) is 0. The number of thiazole rings is 1. The van der Waals surface area contributed by atoms with E-state index in [-0.39, 0.29) is 21.4 Å². The number of aromatic nitrogens is 1. The molecule has 7 nitrogen and oxygen atoms in total. The fraction of sp³-hybridized carbons (Fsp3) is 0. The Morgan fingerprint density at radius 2 is 1.26 bits per heavy atom. The van der Waals surface area contributed by atoms with E-state index in [1.54, 1.807) is 18.2 Å². The van der Waals surface area contributed by atoms with Crippen LogP contribution in [0.2, 0.25) is 0 Å². The third-order valence-corrected chi connectivity index (χ3v) is 5.88. The molecule has 0 spiro atoms. The van der Waals surface area contributed by atoms with Gasteiger partial charge in [0, 0.05) is 16.8 Å². The van der Waals surface area contributed by atoms with Crippen LogP contribution in [-0.2, 0) is 0 Å². The first kappa shape index (κ1) is 24.3. The number of hydrogen-bond donors (Lipinski definition) is 4. The van der Waals surface area contributed by atoms with Crippen molar-refractivity contribution in [2.45, 2.75) is 0 Å². The van der Waals surface area contributed by atoms with Gasteiger partial charge in [-0.1, -0.05) is 11.3 Å². The molecule has 0 aliphatic rings. The molecular weight excluding hydrogens is 512 g/mol. The van der Waals surface area contributed by atoms with Crippen molar-refractivity contribution in [1.29, 1.82) is 0 Å². The molecule has 1 heterocycles. The van der Waals surface area contributed by atoms with Gasteiger partial charge in [-0.3, -0.25) is 20.2 Å². The van der Waals surface area contributed by atoms with Crippen LogP contribution in [-0.4, -0.2) is 27.0 Å². The van der Waals surface area contributed by atoms with Crippen molar-refractivity contribution in [2.24, 2.45) is 0 Å². The highest BCUT2D eigenvalue weighted by molar-refractivity contribution is 7.80. The molecule has 4 rings (SSSR count). The Labute approximate surface area is 212 Å². The molecule has 176 valence electrons. The first-order valence-electron chi connectivity index (χ1n) is 9.93. The maximum atomic E-state index is 13.0. The minimum absolute atomic E-state index is 0.0430. The molecule has 0 aliphatic carbocycles. The number of amides is 2. The van der Waals surface area contributed by atoms with Gasteiger partial charge < -0.3 is 10.6 Å². The number of benzene rings is 3. The fourth-order valence-corrected chi connectivity index (χ4v) is 4.27. The van der Waals surface area contributed by atoms with Crippen molar-refractivity contribution in [2.75, 3.05) is 10.6 Å². The maximum Gasteiger partial charge on any atom is 0.257 e. The van der Waals surface area contributed by atoms with Crippen LogP contribution in [0.15, 0.2) is 66.7 Å². The second-order valence-electron chi connectivity index (χ2n) is 7.03. The number of fused-ring (bicyclic) bond motifs is 1. The van der Waals surface area contributed by atoms with Gasteiger partial charge in [0.2, 0.25) is 0 Å². The zero-order chi connectivity index (χ0) is 24.9. The van der Waals surface area contributed by atoms with E-state index < -0.39 is 23.4 Å². The molecule has 0 atom stereocenters. The zero-order valence-corrected chi connectivity index (χ0v) is 20.0. The van der Waals surface area contributed by atoms with Crippen LogP contribution in [0, 0.1) is 11.6 Å². The summed E-state index contributed by atoms with van der Waals surface area (Å²) >= 11 is 11.6. The minimum atomic E-state index is -0.480. The van der Waals surface area contributed by atoms with Crippen LogP contribution in [0.3, 0.4) is 0 Å². The first-order chi connectivity index (χ1) is 16.8. The number of nitrogens with one attached hydrogen (secondary N) is 4. The molecule has 3 aromatic carbocycles. The minimum Gasteiger partial charge on any atom is -0.332 e. The number of anilines is 2. The lowest BCUT2D eigenvalue weighted by molar-refractivity contribution is 0.0969. The predicted octanol–water partition coefficient (Wildman–Crippen LogP) is 4.83. The van der Waals surface area contributed by atoms with E-state index in [0.717, 1.165) is 4.70 Å². The van der Waals surface area contributed by atoms with Gasteiger partial charge in [0.15, 0.2) is 15.4 Å². The average molecular weight is 528 g/mol. The average Bonchev–Trinajstić information content (AvgIpc) is 3.21. The number of thiocarbonyl (C=S) groups is 2. The summed E-state index contributed by atoms with van der Waals surface area (Å²) in [5, 5.41) is 11.4. The zero-order valence-electron chi connectivity index (χ0n) is 17.6. The maximum absolute atomic E-state index is 13.0. The third kappa shape index (κ3) is 6.38. The van der Waals surface area contributed by atoms with Gasteiger partial charge in [0.25, 0.3) is 11.8 Å². The molecule has 4 aromatic rings. The van der Waals surface area contributed by atoms with Gasteiger partial charge in [-0.2, -0.15) is 0 Å². The smallest absolute Gasteiger partial charge is 0.257 e. The standard InChI is InChI=1S/C23H15F2N5O2S3/c24-14-5-1-12(2-6-14)19(31)28-21(33)26-16-9-10-17-18(11-16)35-23(27-17)30-22(34)29-20(32)13-3-7-15(25)8-4-13/h1-11H,(H2,26,28,31,33)(H2,27,29,30,32,34). The molecule has 12 heteroatoms. The predicted molar refractivity (Wildman–Crippen MR) is 140 cm³/mol. The highest BCUT2D eigenvalue weighted by Gasteiger charge is 2.12. The van der Waals surface area contributed by atoms with Crippen LogP contribution in [0.25, 0.3) is 10.2 Å². The van der Waals surface area contributed by atoms with Crippen molar-refractivity contribution < 1.29 is 18.4 Å². The Kier molecular flexibility index (Phi) is 7.34. The van der Waals surface area contributed by atoms with Crippen molar-refractivity contribution in [1.82, 2.24) is 15.6 Å². The van der Waals surface area contributed by atoms with Crippen LogP contribution in [0.5, 0.6) is 0 Å². The van der Waals surface area contributed by atoms with E-state index >= 15 is 0 Å². The second-order valence-corrected chi connectivity index (χ2v) is 8.88. The van der Waals surface area contributed by atoms with Crippen LogP contribution in [0.4, 0.5) is 19.6 Å². The van der Waals surface area contributed by atoms with E-state index in [1.807, 2.05) is 0 Å². The lowest BCUT2D eigenvalue weighted by Crippen LogP contribution is -2.34. The molecule has 0 radical (unpaired) electrons. The number of carbonyl (C=O) groups excluding carboxylic acids is 2. The van der Waals surface area contributed by atoms with Crippen LogP contribution < -0.4 is 21.3 Å². The van der Waals surface area contributed by atoms with E-state index in [4.69, 9.17) is 24.4 Å². The number of rotatable bonds is 4. The summed E-state index contributed by atoms with van der Waals surface area (Å²) in [7, 11) is 0. The monoisotopic (exact) mass is 527 g/mol. The number of nitrogens with zero attached hydrogens (tertiary/aromatic N) is 1. The molecule has 2 amide bonds. The summed E-state index contributed by atoms with van der Waals surface area (Å²) in [6, 6.07) is 15.4. The Balaban J connectivity index is 1.36. The lowest BCUT2D eigenvalue weighted by atomic mass is 10.2. The second kappa shape index (κ2) is 10.6.